The first kappa shape index (κ1) is 16.3. The van der Waals surface area contributed by atoms with Crippen LogP contribution in [0.25, 0.3) is 0 Å². The van der Waals surface area contributed by atoms with Gasteiger partial charge in [-0.3, -0.25) is 0 Å². The Bertz CT molecular complexity index is 664. The molecule has 1 N–H and O–H groups in total. The Morgan fingerprint density at radius 3 is 2.43 bits per heavy atom. The molecule has 0 bridgehead atoms. The van der Waals surface area contributed by atoms with Crippen LogP contribution in [0.2, 0.25) is 5.02 Å². The van der Waals surface area contributed by atoms with Gasteiger partial charge in [0.1, 0.15) is 17.5 Å². The van der Waals surface area contributed by atoms with Crippen LogP contribution in [-0.4, -0.2) is 7.05 Å². The van der Waals surface area contributed by atoms with Crippen molar-refractivity contribution in [2.75, 3.05) is 7.05 Å². The molecule has 0 aliphatic heterocycles. The van der Waals surface area contributed by atoms with E-state index in [1.165, 1.54) is 6.07 Å². The summed E-state index contributed by atoms with van der Waals surface area (Å²) < 4.78 is 41.9. The van der Waals surface area contributed by atoms with Crippen molar-refractivity contribution in [2.24, 2.45) is 0 Å². The van der Waals surface area contributed by atoms with E-state index in [9.17, 15) is 13.2 Å². The van der Waals surface area contributed by atoms with Crippen molar-refractivity contribution in [1.29, 1.82) is 0 Å². The molecule has 6 heteroatoms. The molecule has 2 aromatic carbocycles. The highest BCUT2D eigenvalue weighted by Gasteiger charge is 2.19. The Hall–Kier alpha value is -1.04. The molecule has 112 valence electrons. The highest BCUT2D eigenvalue weighted by Crippen LogP contribution is 2.27. The molecule has 2 rings (SSSR count). The molecule has 0 fully saturated rings. The van der Waals surface area contributed by atoms with Crippen molar-refractivity contribution in [3.8, 4) is 0 Å². The number of hydrogen-bond donors (Lipinski definition) is 1. The van der Waals surface area contributed by atoms with Crippen LogP contribution >= 0.6 is 27.5 Å². The molecule has 0 spiro atoms. The first-order valence-electron chi connectivity index (χ1n) is 6.18. The zero-order valence-electron chi connectivity index (χ0n) is 11.1. The van der Waals surface area contributed by atoms with E-state index in [1.807, 2.05) is 0 Å². The van der Waals surface area contributed by atoms with Gasteiger partial charge in [-0.05, 0) is 43.3 Å². The summed E-state index contributed by atoms with van der Waals surface area (Å²) in [7, 11) is 1.60. The van der Waals surface area contributed by atoms with Crippen LogP contribution in [0.3, 0.4) is 0 Å². The molecule has 0 saturated carbocycles. The van der Waals surface area contributed by atoms with Crippen molar-refractivity contribution in [1.82, 2.24) is 5.32 Å². The summed E-state index contributed by atoms with van der Waals surface area (Å²) >= 11 is 8.71. The molecule has 0 saturated heterocycles. The fourth-order valence-electron chi connectivity index (χ4n) is 2.08. The van der Waals surface area contributed by atoms with E-state index in [4.69, 9.17) is 11.6 Å². The highest BCUT2D eigenvalue weighted by molar-refractivity contribution is 9.10. The lowest BCUT2D eigenvalue weighted by Gasteiger charge is -2.18. The number of halogens is 5. The predicted molar refractivity (Wildman–Crippen MR) is 81.0 cm³/mol. The van der Waals surface area contributed by atoms with Crippen molar-refractivity contribution in [3.63, 3.8) is 0 Å². The van der Waals surface area contributed by atoms with E-state index in [0.717, 1.165) is 12.1 Å². The molecule has 0 aliphatic carbocycles. The molecule has 0 aromatic heterocycles. The maximum atomic E-state index is 13.9. The van der Waals surface area contributed by atoms with Gasteiger partial charge in [0.25, 0.3) is 0 Å². The summed E-state index contributed by atoms with van der Waals surface area (Å²) in [6, 6.07) is 6.04. The van der Waals surface area contributed by atoms with Crippen LogP contribution in [0.4, 0.5) is 13.2 Å². The first-order valence-corrected chi connectivity index (χ1v) is 7.35. The number of likely N-dealkylation sites (N-methyl/N-ethyl adjacent to an activating group) is 1. The Labute approximate surface area is 134 Å². The topological polar surface area (TPSA) is 12.0 Å². The minimum atomic E-state index is -0.704. The SMILES string of the molecule is CNC(Cc1ccc(Br)cc1F)c1cc(F)c(Cl)cc1F. The Morgan fingerprint density at radius 1 is 1.10 bits per heavy atom. The van der Waals surface area contributed by atoms with Crippen molar-refractivity contribution in [3.05, 3.63) is 68.4 Å². The van der Waals surface area contributed by atoms with Gasteiger partial charge in [0.05, 0.1) is 5.02 Å². The zero-order chi connectivity index (χ0) is 15.6. The van der Waals surface area contributed by atoms with E-state index in [0.29, 0.717) is 10.0 Å². The Balaban J connectivity index is 2.34. The number of benzene rings is 2. The summed E-state index contributed by atoms with van der Waals surface area (Å²) in [6.07, 6.45) is 0.188. The summed E-state index contributed by atoms with van der Waals surface area (Å²) in [5, 5.41) is 2.59. The van der Waals surface area contributed by atoms with Crippen molar-refractivity contribution < 1.29 is 13.2 Å². The molecule has 1 atom stereocenters. The monoisotopic (exact) mass is 377 g/mol. The number of nitrogens with one attached hydrogen (secondary N) is 1. The van der Waals surface area contributed by atoms with Gasteiger partial charge in [-0.1, -0.05) is 33.6 Å². The van der Waals surface area contributed by atoms with Crippen LogP contribution in [0, 0.1) is 17.5 Å². The molecule has 1 nitrogen and oxygen atoms in total. The zero-order valence-corrected chi connectivity index (χ0v) is 13.4. The molecule has 0 amide bonds. The maximum Gasteiger partial charge on any atom is 0.142 e. The van der Waals surface area contributed by atoms with E-state index in [1.54, 1.807) is 19.2 Å². The van der Waals surface area contributed by atoms with Gasteiger partial charge < -0.3 is 5.32 Å². The summed E-state index contributed by atoms with van der Waals surface area (Å²) in [5.41, 5.74) is 0.522. The number of hydrogen-bond acceptors (Lipinski definition) is 1. The third-order valence-electron chi connectivity index (χ3n) is 3.20. The fraction of sp³-hybridized carbons (Fsp3) is 0.200. The maximum absolute atomic E-state index is 13.9. The van der Waals surface area contributed by atoms with Gasteiger partial charge in [-0.15, -0.1) is 0 Å². The van der Waals surface area contributed by atoms with Crippen LogP contribution in [-0.2, 0) is 6.42 Å². The molecule has 0 radical (unpaired) electrons. The molecule has 0 heterocycles. The summed E-state index contributed by atoms with van der Waals surface area (Å²) in [5.74, 6) is -1.73. The van der Waals surface area contributed by atoms with Crippen molar-refractivity contribution in [2.45, 2.75) is 12.5 Å². The van der Waals surface area contributed by atoms with Gasteiger partial charge >= 0.3 is 0 Å². The van der Waals surface area contributed by atoms with Crippen LogP contribution < -0.4 is 5.32 Å². The predicted octanol–water partition coefficient (Wildman–Crippen LogP) is 5.02. The largest absolute Gasteiger partial charge is 0.313 e. The van der Waals surface area contributed by atoms with Crippen LogP contribution in [0.1, 0.15) is 17.2 Å². The smallest absolute Gasteiger partial charge is 0.142 e. The standard InChI is InChI=1S/C15H12BrClF3N/c1-21-15(4-8-2-3-9(16)5-12(8)18)10-6-14(20)11(17)7-13(10)19/h2-3,5-7,15,21H,4H2,1H3. The summed E-state index contributed by atoms with van der Waals surface area (Å²) in [6.45, 7) is 0. The minimum Gasteiger partial charge on any atom is -0.313 e. The van der Waals surface area contributed by atoms with Gasteiger partial charge in [0, 0.05) is 16.1 Å². The van der Waals surface area contributed by atoms with Gasteiger partial charge in [0.2, 0.25) is 0 Å². The molecule has 0 aliphatic rings. The van der Waals surface area contributed by atoms with E-state index in [2.05, 4.69) is 21.2 Å². The van der Waals surface area contributed by atoms with Gasteiger partial charge in [-0.25, -0.2) is 13.2 Å². The molecule has 21 heavy (non-hydrogen) atoms. The minimum absolute atomic E-state index is 0.113. The lowest BCUT2D eigenvalue weighted by atomic mass is 9.98. The Morgan fingerprint density at radius 2 is 1.81 bits per heavy atom. The highest BCUT2D eigenvalue weighted by atomic mass is 79.9. The second-order valence-electron chi connectivity index (χ2n) is 4.57. The Kier molecular flexibility index (Phi) is 5.30. The fourth-order valence-corrected chi connectivity index (χ4v) is 2.56. The van der Waals surface area contributed by atoms with E-state index in [-0.39, 0.29) is 17.0 Å². The van der Waals surface area contributed by atoms with Gasteiger partial charge in [-0.2, -0.15) is 0 Å². The summed E-state index contributed by atoms with van der Waals surface area (Å²) in [4.78, 5) is 0. The van der Waals surface area contributed by atoms with E-state index < -0.39 is 23.5 Å². The number of rotatable bonds is 4. The van der Waals surface area contributed by atoms with E-state index >= 15 is 0 Å². The van der Waals surface area contributed by atoms with Crippen molar-refractivity contribution >= 4 is 27.5 Å². The van der Waals surface area contributed by atoms with Crippen LogP contribution in [0.5, 0.6) is 0 Å². The average Bonchev–Trinajstić information content (AvgIpc) is 2.43. The first-order chi connectivity index (χ1) is 9.92. The lowest BCUT2D eigenvalue weighted by Crippen LogP contribution is -2.21. The molecule has 2 aromatic rings. The molecular weight excluding hydrogens is 367 g/mol. The normalized spacial score (nSPS) is 12.5. The second-order valence-corrected chi connectivity index (χ2v) is 5.89. The third kappa shape index (κ3) is 3.78. The van der Waals surface area contributed by atoms with Gasteiger partial charge in [0.15, 0.2) is 0 Å². The molecule has 1 unspecified atom stereocenters. The quantitative estimate of drug-likeness (QED) is 0.736. The lowest BCUT2D eigenvalue weighted by molar-refractivity contribution is 0.511. The second kappa shape index (κ2) is 6.81. The molecular formula is C15H12BrClF3N. The average molecular weight is 379 g/mol. The third-order valence-corrected chi connectivity index (χ3v) is 3.99. The van der Waals surface area contributed by atoms with Crippen LogP contribution in [0.15, 0.2) is 34.8 Å².